The summed E-state index contributed by atoms with van der Waals surface area (Å²) in [6.07, 6.45) is 5.73. The van der Waals surface area contributed by atoms with Gasteiger partial charge in [-0.1, -0.05) is 24.3 Å². The molecule has 3 rings (SSSR count). The number of hydrogen-bond donors (Lipinski definition) is 1. The van der Waals surface area contributed by atoms with Crippen molar-refractivity contribution < 1.29 is 9.18 Å². The van der Waals surface area contributed by atoms with Gasteiger partial charge >= 0.3 is 0 Å². The molecule has 1 aromatic heterocycles. The lowest BCUT2D eigenvalue weighted by Crippen LogP contribution is -2.47. The molecule has 1 fully saturated rings. The van der Waals surface area contributed by atoms with E-state index in [1.807, 2.05) is 24.3 Å². The Morgan fingerprint density at radius 1 is 1.29 bits per heavy atom. The molecular weight excluding hydrogens is 305 g/mol. The molecule has 0 aliphatic carbocycles. The van der Waals surface area contributed by atoms with Crippen LogP contribution in [0.3, 0.4) is 0 Å². The van der Waals surface area contributed by atoms with Crippen LogP contribution in [0.2, 0.25) is 0 Å². The van der Waals surface area contributed by atoms with Gasteiger partial charge in [-0.2, -0.15) is 0 Å². The predicted octanol–water partition coefficient (Wildman–Crippen LogP) is 2.54. The first kappa shape index (κ1) is 16.6. The summed E-state index contributed by atoms with van der Waals surface area (Å²) in [5.74, 6) is -0.152. The number of nitrogens with one attached hydrogen (secondary N) is 1. The van der Waals surface area contributed by atoms with Gasteiger partial charge in [0, 0.05) is 37.1 Å². The molecule has 4 nitrogen and oxygen atoms in total. The molecule has 2 heterocycles. The van der Waals surface area contributed by atoms with E-state index < -0.39 is 0 Å². The zero-order chi connectivity index (χ0) is 16.8. The fourth-order valence-electron chi connectivity index (χ4n) is 3.15. The van der Waals surface area contributed by atoms with Crippen molar-refractivity contribution in [2.24, 2.45) is 0 Å². The second-order valence-corrected chi connectivity index (χ2v) is 6.27. The molecule has 1 amide bonds. The van der Waals surface area contributed by atoms with Gasteiger partial charge in [-0.3, -0.25) is 14.7 Å². The smallest absolute Gasteiger partial charge is 0.224 e. The van der Waals surface area contributed by atoms with Crippen molar-refractivity contribution in [3.05, 3.63) is 65.7 Å². The van der Waals surface area contributed by atoms with Gasteiger partial charge in [0.05, 0.1) is 6.42 Å². The highest BCUT2D eigenvalue weighted by Crippen LogP contribution is 2.16. The van der Waals surface area contributed by atoms with Crippen LogP contribution in [-0.4, -0.2) is 34.9 Å². The number of aromatic nitrogens is 1. The number of amides is 1. The van der Waals surface area contributed by atoms with Crippen LogP contribution < -0.4 is 5.32 Å². The van der Waals surface area contributed by atoms with Crippen LogP contribution in [0.25, 0.3) is 0 Å². The number of pyridine rings is 1. The van der Waals surface area contributed by atoms with E-state index in [4.69, 9.17) is 0 Å². The van der Waals surface area contributed by atoms with Crippen LogP contribution in [0, 0.1) is 5.82 Å². The number of nitrogens with zero attached hydrogens (tertiary/aromatic N) is 2. The summed E-state index contributed by atoms with van der Waals surface area (Å²) in [4.78, 5) is 18.4. The molecule has 1 aliphatic rings. The Morgan fingerprint density at radius 3 is 2.96 bits per heavy atom. The number of carbonyl (C=O) groups excluding carboxylic acids is 1. The van der Waals surface area contributed by atoms with Crippen LogP contribution in [0.5, 0.6) is 0 Å². The fourth-order valence-corrected chi connectivity index (χ4v) is 3.15. The van der Waals surface area contributed by atoms with Gasteiger partial charge in [-0.25, -0.2) is 4.39 Å². The largest absolute Gasteiger partial charge is 0.352 e. The normalized spacial score (nSPS) is 18.3. The molecule has 0 radical (unpaired) electrons. The van der Waals surface area contributed by atoms with Gasteiger partial charge < -0.3 is 5.32 Å². The lowest BCUT2D eigenvalue weighted by molar-refractivity contribution is -0.121. The van der Waals surface area contributed by atoms with Crippen molar-refractivity contribution in [3.8, 4) is 0 Å². The minimum Gasteiger partial charge on any atom is -0.352 e. The number of hydrogen-bond acceptors (Lipinski definition) is 3. The third-order valence-electron chi connectivity index (χ3n) is 4.31. The van der Waals surface area contributed by atoms with Crippen LogP contribution in [0.4, 0.5) is 4.39 Å². The summed E-state index contributed by atoms with van der Waals surface area (Å²) in [7, 11) is 0. The van der Waals surface area contributed by atoms with E-state index in [2.05, 4.69) is 15.2 Å². The van der Waals surface area contributed by atoms with Gasteiger partial charge in [0.15, 0.2) is 0 Å². The van der Waals surface area contributed by atoms with Crippen molar-refractivity contribution >= 4 is 5.91 Å². The molecule has 1 aromatic carbocycles. The predicted molar refractivity (Wildman–Crippen MR) is 90.8 cm³/mol. The lowest BCUT2D eigenvalue weighted by atomic mass is 10.0. The molecule has 0 spiro atoms. The summed E-state index contributed by atoms with van der Waals surface area (Å²) in [6.45, 7) is 2.28. The van der Waals surface area contributed by atoms with E-state index in [0.29, 0.717) is 18.5 Å². The number of likely N-dealkylation sites (tertiary alicyclic amines) is 1. The second kappa shape index (κ2) is 8.02. The average molecular weight is 327 g/mol. The topological polar surface area (TPSA) is 45.2 Å². The van der Waals surface area contributed by atoms with E-state index in [9.17, 15) is 9.18 Å². The van der Waals surface area contributed by atoms with E-state index in [1.165, 1.54) is 6.07 Å². The number of benzene rings is 1. The quantitative estimate of drug-likeness (QED) is 0.918. The first-order valence-corrected chi connectivity index (χ1v) is 8.35. The Morgan fingerprint density at radius 2 is 2.17 bits per heavy atom. The van der Waals surface area contributed by atoms with Crippen LogP contribution in [0.15, 0.2) is 48.8 Å². The summed E-state index contributed by atoms with van der Waals surface area (Å²) in [6, 6.07) is 10.7. The molecular formula is C19H22FN3O. The molecule has 1 saturated heterocycles. The molecule has 126 valence electrons. The molecule has 1 N–H and O–H groups in total. The maximum absolute atomic E-state index is 13.8. The molecule has 5 heteroatoms. The van der Waals surface area contributed by atoms with E-state index >= 15 is 0 Å². The van der Waals surface area contributed by atoms with Crippen molar-refractivity contribution in [2.75, 3.05) is 13.1 Å². The third-order valence-corrected chi connectivity index (χ3v) is 4.31. The summed E-state index contributed by atoms with van der Waals surface area (Å²) >= 11 is 0. The van der Waals surface area contributed by atoms with Gasteiger partial charge in [-0.15, -0.1) is 0 Å². The Hall–Kier alpha value is -2.27. The SMILES string of the molecule is O=C(Cc1cccnc1)NC1CCCN(Cc2ccccc2F)C1. The first-order valence-electron chi connectivity index (χ1n) is 8.35. The van der Waals surface area contributed by atoms with Crippen molar-refractivity contribution in [2.45, 2.75) is 31.8 Å². The third kappa shape index (κ3) is 4.61. The number of carbonyl (C=O) groups is 1. The number of rotatable bonds is 5. The highest BCUT2D eigenvalue weighted by atomic mass is 19.1. The van der Waals surface area contributed by atoms with Crippen molar-refractivity contribution in [3.63, 3.8) is 0 Å². The molecule has 1 aliphatic heterocycles. The van der Waals surface area contributed by atoms with E-state index in [-0.39, 0.29) is 17.8 Å². The number of piperidine rings is 1. The van der Waals surface area contributed by atoms with Gasteiger partial charge in [0.1, 0.15) is 5.82 Å². The minimum absolute atomic E-state index is 0.0146. The van der Waals surface area contributed by atoms with Crippen LogP contribution in [-0.2, 0) is 17.8 Å². The van der Waals surface area contributed by atoms with Gasteiger partial charge in [0.2, 0.25) is 5.91 Å². The minimum atomic E-state index is -0.166. The Labute approximate surface area is 141 Å². The van der Waals surface area contributed by atoms with Gasteiger partial charge in [0.25, 0.3) is 0 Å². The molecule has 1 atom stereocenters. The zero-order valence-electron chi connectivity index (χ0n) is 13.6. The number of halogens is 1. The highest BCUT2D eigenvalue weighted by molar-refractivity contribution is 5.78. The zero-order valence-corrected chi connectivity index (χ0v) is 13.6. The molecule has 2 aromatic rings. The first-order chi connectivity index (χ1) is 11.7. The lowest BCUT2D eigenvalue weighted by Gasteiger charge is -2.33. The van der Waals surface area contributed by atoms with Crippen LogP contribution in [0.1, 0.15) is 24.0 Å². The van der Waals surface area contributed by atoms with Crippen LogP contribution >= 0.6 is 0 Å². The van der Waals surface area contributed by atoms with Gasteiger partial charge in [-0.05, 0) is 37.1 Å². The molecule has 24 heavy (non-hydrogen) atoms. The summed E-state index contributed by atoms with van der Waals surface area (Å²) < 4.78 is 13.8. The second-order valence-electron chi connectivity index (χ2n) is 6.27. The average Bonchev–Trinajstić information content (AvgIpc) is 2.58. The van der Waals surface area contributed by atoms with Crippen molar-refractivity contribution in [1.82, 2.24) is 15.2 Å². The maximum atomic E-state index is 13.8. The maximum Gasteiger partial charge on any atom is 0.224 e. The fraction of sp³-hybridized carbons (Fsp3) is 0.368. The summed E-state index contributed by atoms with van der Waals surface area (Å²) in [5.41, 5.74) is 1.62. The standard InChI is InChI=1S/C19H22FN3O/c20-18-8-2-1-6-16(18)13-23-10-4-7-17(14-23)22-19(24)11-15-5-3-9-21-12-15/h1-3,5-6,8-9,12,17H,4,7,10-11,13-14H2,(H,22,24). The highest BCUT2D eigenvalue weighted by Gasteiger charge is 2.22. The molecule has 0 bridgehead atoms. The van der Waals surface area contributed by atoms with E-state index in [0.717, 1.165) is 31.5 Å². The monoisotopic (exact) mass is 327 g/mol. The Kier molecular flexibility index (Phi) is 5.54. The van der Waals surface area contributed by atoms with E-state index in [1.54, 1.807) is 18.5 Å². The molecule has 0 saturated carbocycles. The Bertz CT molecular complexity index is 677. The Balaban J connectivity index is 1.52. The van der Waals surface area contributed by atoms with Crippen molar-refractivity contribution in [1.29, 1.82) is 0 Å². The summed E-state index contributed by atoms with van der Waals surface area (Å²) in [5, 5.41) is 3.10. The molecule has 1 unspecified atom stereocenters.